The zero-order valence-electron chi connectivity index (χ0n) is 17.5. The first kappa shape index (κ1) is 23.0. The van der Waals surface area contributed by atoms with E-state index in [4.69, 9.17) is 0 Å². The minimum atomic E-state index is -4.73. The van der Waals surface area contributed by atoms with Gasteiger partial charge in [-0.3, -0.25) is 4.98 Å². The van der Waals surface area contributed by atoms with Crippen LogP contribution in [-0.2, 0) is 10.0 Å². The fraction of sp³-hybridized carbons (Fsp3) is 0.381. The lowest BCUT2D eigenvalue weighted by molar-refractivity contribution is -0.147. The monoisotopic (exact) mass is 479 g/mol. The lowest BCUT2D eigenvalue weighted by Gasteiger charge is -2.18. The van der Waals surface area contributed by atoms with Crippen LogP contribution in [0.25, 0.3) is 22.4 Å². The van der Waals surface area contributed by atoms with Crippen LogP contribution in [0.1, 0.15) is 44.2 Å². The number of hydrogen-bond donors (Lipinski definition) is 2. The summed E-state index contributed by atoms with van der Waals surface area (Å²) in [5, 5.41) is 20.2. The summed E-state index contributed by atoms with van der Waals surface area (Å²) in [4.78, 5) is 8.06. The summed E-state index contributed by atoms with van der Waals surface area (Å²) in [6.07, 6.45) is 1.22. The van der Waals surface area contributed by atoms with Gasteiger partial charge in [-0.2, -0.15) is 23.2 Å². The Hall–Kier alpha value is -3.17. The highest BCUT2D eigenvalue weighted by Gasteiger charge is 2.39. The third-order valence-electron chi connectivity index (χ3n) is 5.74. The minimum Gasteiger partial charge on any atom is -0.506 e. The van der Waals surface area contributed by atoms with E-state index in [2.05, 4.69) is 16.0 Å². The molecule has 0 aliphatic heterocycles. The maximum atomic E-state index is 12.8. The second-order valence-electron chi connectivity index (χ2n) is 7.97. The molecule has 1 fully saturated rings. The number of pyridine rings is 2. The molecule has 3 aromatic heterocycles. The Bertz CT molecular complexity index is 1340. The smallest absolute Gasteiger partial charge is 0.404 e. The van der Waals surface area contributed by atoms with E-state index in [0.29, 0.717) is 23.7 Å². The van der Waals surface area contributed by atoms with Gasteiger partial charge in [0, 0.05) is 17.6 Å². The molecule has 8 nitrogen and oxygen atoms in total. The molecule has 0 saturated heterocycles. The normalized spacial score (nSPS) is 16.2. The van der Waals surface area contributed by atoms with Gasteiger partial charge in [0.2, 0.25) is 10.0 Å². The molecular formula is C21H20F3N5O3S. The van der Waals surface area contributed by atoms with Gasteiger partial charge in [0.1, 0.15) is 28.4 Å². The van der Waals surface area contributed by atoms with Crippen LogP contribution in [0.15, 0.2) is 35.5 Å². The number of halogens is 3. The summed E-state index contributed by atoms with van der Waals surface area (Å²) in [5.74, 6) is -0.103. The predicted molar refractivity (Wildman–Crippen MR) is 113 cm³/mol. The van der Waals surface area contributed by atoms with Gasteiger partial charge in [0.15, 0.2) is 0 Å². The topological polar surface area (TPSA) is 121 Å². The van der Waals surface area contributed by atoms with E-state index in [1.165, 1.54) is 18.3 Å². The molecule has 1 aliphatic carbocycles. The highest BCUT2D eigenvalue weighted by molar-refractivity contribution is 7.89. The number of alkyl halides is 3. The predicted octanol–water partition coefficient (Wildman–Crippen LogP) is 4.02. The Morgan fingerprint density at radius 3 is 2.52 bits per heavy atom. The quantitative estimate of drug-likeness (QED) is 0.570. The molecule has 2 N–H and O–H groups in total. The van der Waals surface area contributed by atoms with Crippen molar-refractivity contribution in [2.75, 3.05) is 0 Å². The number of aromatic hydroxyl groups is 1. The molecule has 1 aliphatic rings. The molecule has 3 heterocycles. The molecule has 1 saturated carbocycles. The Kier molecular flexibility index (Phi) is 5.79. The number of aromatic nitrogens is 3. The maximum absolute atomic E-state index is 12.8. The van der Waals surface area contributed by atoms with Crippen molar-refractivity contribution in [2.45, 2.75) is 55.8 Å². The third kappa shape index (κ3) is 4.26. The summed E-state index contributed by atoms with van der Waals surface area (Å²) >= 11 is 0. The second-order valence-corrected chi connectivity index (χ2v) is 9.69. The van der Waals surface area contributed by atoms with Crippen LogP contribution < -0.4 is 4.72 Å². The van der Waals surface area contributed by atoms with Gasteiger partial charge in [-0.25, -0.2) is 13.4 Å². The Morgan fingerprint density at radius 2 is 1.94 bits per heavy atom. The van der Waals surface area contributed by atoms with Gasteiger partial charge < -0.3 is 9.67 Å². The van der Waals surface area contributed by atoms with Gasteiger partial charge in [-0.15, -0.1) is 0 Å². The summed E-state index contributed by atoms with van der Waals surface area (Å²) in [6, 6.07) is 3.85. The zero-order chi connectivity index (χ0) is 24.0. The van der Waals surface area contributed by atoms with Crippen LogP contribution >= 0.6 is 0 Å². The van der Waals surface area contributed by atoms with Gasteiger partial charge in [0.05, 0.1) is 23.1 Å². The van der Waals surface area contributed by atoms with E-state index >= 15 is 0 Å². The molecule has 0 spiro atoms. The van der Waals surface area contributed by atoms with Crippen LogP contribution in [0.3, 0.4) is 0 Å². The van der Waals surface area contributed by atoms with Crippen molar-refractivity contribution < 1.29 is 26.7 Å². The maximum Gasteiger partial charge on any atom is 0.404 e. The van der Waals surface area contributed by atoms with Crippen molar-refractivity contribution in [1.29, 1.82) is 5.26 Å². The molecule has 0 radical (unpaired) electrons. The molecule has 174 valence electrons. The molecule has 3 aromatic rings. The first-order valence-electron chi connectivity index (χ1n) is 10.2. The van der Waals surface area contributed by atoms with Crippen molar-refractivity contribution in [2.24, 2.45) is 0 Å². The first-order chi connectivity index (χ1) is 15.5. The van der Waals surface area contributed by atoms with Crippen molar-refractivity contribution >= 4 is 21.1 Å². The number of rotatable bonds is 5. The standard InChI is InChI=1S/C21H20F3N5O3S/c1-12(21(22,23)24)28-33(31,32)15-6-7-18(26-11-15)19-17(9-25)16-8-14(30)10-27-20(16)29(19)13-4-2-3-5-13/h6-8,10-13,28,30H,2-5H2,1H3/t12-/m0/s1. The summed E-state index contributed by atoms with van der Waals surface area (Å²) < 4.78 is 66.6. The van der Waals surface area contributed by atoms with Crippen LogP contribution in [0.5, 0.6) is 5.75 Å². The van der Waals surface area contributed by atoms with Crippen molar-refractivity contribution in [3.63, 3.8) is 0 Å². The highest BCUT2D eigenvalue weighted by atomic mass is 32.2. The largest absolute Gasteiger partial charge is 0.506 e. The van der Waals surface area contributed by atoms with Gasteiger partial charge in [0.25, 0.3) is 0 Å². The first-order valence-corrected chi connectivity index (χ1v) is 11.7. The number of fused-ring (bicyclic) bond motifs is 1. The Balaban J connectivity index is 1.81. The van der Waals surface area contributed by atoms with Crippen molar-refractivity contribution in [1.82, 2.24) is 19.3 Å². The van der Waals surface area contributed by atoms with Gasteiger partial charge >= 0.3 is 6.18 Å². The van der Waals surface area contributed by atoms with E-state index in [0.717, 1.165) is 37.9 Å². The van der Waals surface area contributed by atoms with E-state index < -0.39 is 27.1 Å². The van der Waals surface area contributed by atoms with E-state index in [1.807, 2.05) is 4.57 Å². The molecule has 1 atom stereocenters. The number of nitrogens with one attached hydrogen (secondary N) is 1. The molecule has 0 unspecified atom stereocenters. The number of nitrogens with zero attached hydrogens (tertiary/aromatic N) is 4. The lowest BCUT2D eigenvalue weighted by atomic mass is 10.1. The van der Waals surface area contributed by atoms with E-state index in [1.54, 1.807) is 4.72 Å². The van der Waals surface area contributed by atoms with Crippen molar-refractivity contribution in [3.8, 4) is 23.2 Å². The summed E-state index contributed by atoms with van der Waals surface area (Å²) in [6.45, 7) is 0.709. The van der Waals surface area contributed by atoms with E-state index in [9.17, 15) is 32.0 Å². The fourth-order valence-electron chi connectivity index (χ4n) is 4.11. The van der Waals surface area contributed by atoms with Crippen molar-refractivity contribution in [3.05, 3.63) is 36.2 Å². The number of sulfonamides is 1. The average Bonchev–Trinajstić information content (AvgIpc) is 3.38. The van der Waals surface area contributed by atoms with Crippen LogP contribution in [0, 0.1) is 11.3 Å². The lowest BCUT2D eigenvalue weighted by Crippen LogP contribution is -2.42. The van der Waals surface area contributed by atoms with Gasteiger partial charge in [-0.1, -0.05) is 12.8 Å². The van der Waals surface area contributed by atoms with Crippen LogP contribution in [0.4, 0.5) is 13.2 Å². The third-order valence-corrected chi connectivity index (χ3v) is 7.27. The molecule has 12 heteroatoms. The molecule has 33 heavy (non-hydrogen) atoms. The number of hydrogen-bond acceptors (Lipinski definition) is 6. The highest BCUT2D eigenvalue weighted by Crippen LogP contribution is 2.40. The molecular weight excluding hydrogens is 459 g/mol. The summed E-state index contributed by atoms with van der Waals surface area (Å²) in [7, 11) is -4.46. The Labute approximate surface area is 187 Å². The SMILES string of the molecule is C[C@H](NS(=O)(=O)c1ccc(-c2c(C#N)c3cc(O)cnc3n2C2CCCC2)nc1)C(F)(F)F. The number of nitriles is 1. The molecule has 4 rings (SSSR count). The zero-order valence-corrected chi connectivity index (χ0v) is 18.3. The Morgan fingerprint density at radius 1 is 1.24 bits per heavy atom. The average molecular weight is 479 g/mol. The van der Waals surface area contributed by atoms with Crippen LogP contribution in [-0.4, -0.2) is 40.3 Å². The van der Waals surface area contributed by atoms with Gasteiger partial charge in [-0.05, 0) is 38.0 Å². The molecule has 0 aromatic carbocycles. The minimum absolute atomic E-state index is 0.0427. The molecule has 0 bridgehead atoms. The fourth-order valence-corrected chi connectivity index (χ4v) is 5.28. The van der Waals surface area contributed by atoms with Crippen LogP contribution in [0.2, 0.25) is 0 Å². The second kappa shape index (κ2) is 8.31. The molecule has 0 amide bonds. The van der Waals surface area contributed by atoms with E-state index in [-0.39, 0.29) is 23.0 Å². The summed E-state index contributed by atoms with van der Waals surface area (Å²) in [5.41, 5.74) is 1.44.